The summed E-state index contributed by atoms with van der Waals surface area (Å²) in [7, 11) is -0.650. The SMILES string of the molecule is COc1ccc(S(=O)(=O)CCC(=O)NC2CNCCC2C)cc1OC.Cl. The summed E-state index contributed by atoms with van der Waals surface area (Å²) in [6.45, 7) is 3.75. The van der Waals surface area contributed by atoms with E-state index in [1.54, 1.807) is 6.07 Å². The van der Waals surface area contributed by atoms with Crippen molar-refractivity contribution in [1.82, 2.24) is 10.6 Å². The first-order valence-corrected chi connectivity index (χ1v) is 9.97. The van der Waals surface area contributed by atoms with Gasteiger partial charge in [0.25, 0.3) is 0 Å². The maximum Gasteiger partial charge on any atom is 0.221 e. The molecule has 0 radical (unpaired) electrons. The zero-order valence-electron chi connectivity index (χ0n) is 15.3. The molecular weight excluding hydrogens is 380 g/mol. The van der Waals surface area contributed by atoms with Crippen LogP contribution in [0.3, 0.4) is 0 Å². The van der Waals surface area contributed by atoms with Gasteiger partial charge in [-0.2, -0.15) is 0 Å². The Morgan fingerprint density at radius 3 is 2.58 bits per heavy atom. The summed E-state index contributed by atoms with van der Waals surface area (Å²) in [4.78, 5) is 12.2. The van der Waals surface area contributed by atoms with Gasteiger partial charge in [0, 0.05) is 25.1 Å². The van der Waals surface area contributed by atoms with Crippen molar-refractivity contribution < 1.29 is 22.7 Å². The van der Waals surface area contributed by atoms with Crippen LogP contribution >= 0.6 is 12.4 Å². The maximum atomic E-state index is 12.5. The summed E-state index contributed by atoms with van der Waals surface area (Å²) >= 11 is 0. The Balaban J connectivity index is 0.00000338. The lowest BCUT2D eigenvalue weighted by molar-refractivity contribution is -0.121. The number of sulfone groups is 1. The molecule has 0 aliphatic carbocycles. The van der Waals surface area contributed by atoms with E-state index >= 15 is 0 Å². The van der Waals surface area contributed by atoms with Crippen molar-refractivity contribution in [3.05, 3.63) is 18.2 Å². The Hall–Kier alpha value is -1.51. The summed E-state index contributed by atoms with van der Waals surface area (Å²) in [5.74, 6) is 0.688. The minimum absolute atomic E-state index is 0. The number of benzene rings is 1. The first-order valence-electron chi connectivity index (χ1n) is 8.32. The molecular formula is C17H27ClN2O5S. The average molecular weight is 407 g/mol. The monoisotopic (exact) mass is 406 g/mol. The van der Waals surface area contributed by atoms with Crippen LogP contribution in [0.15, 0.2) is 23.1 Å². The lowest BCUT2D eigenvalue weighted by Crippen LogP contribution is -2.50. The van der Waals surface area contributed by atoms with E-state index in [0.717, 1.165) is 19.5 Å². The smallest absolute Gasteiger partial charge is 0.221 e. The highest BCUT2D eigenvalue weighted by Crippen LogP contribution is 2.29. The summed E-state index contributed by atoms with van der Waals surface area (Å²) in [6, 6.07) is 4.47. The predicted octanol–water partition coefficient (Wildman–Crippen LogP) is 1.40. The second-order valence-electron chi connectivity index (χ2n) is 6.23. The number of piperidine rings is 1. The molecule has 2 rings (SSSR count). The topological polar surface area (TPSA) is 93.7 Å². The van der Waals surface area contributed by atoms with Crippen molar-refractivity contribution in [3.8, 4) is 11.5 Å². The van der Waals surface area contributed by atoms with Crippen LogP contribution in [0.5, 0.6) is 11.5 Å². The quantitative estimate of drug-likeness (QED) is 0.711. The molecule has 1 amide bonds. The molecule has 2 unspecified atom stereocenters. The highest BCUT2D eigenvalue weighted by molar-refractivity contribution is 7.91. The molecule has 0 saturated carbocycles. The van der Waals surface area contributed by atoms with Crippen LogP contribution in [0.4, 0.5) is 0 Å². The molecule has 0 aromatic heterocycles. The molecule has 2 N–H and O–H groups in total. The van der Waals surface area contributed by atoms with Crippen LogP contribution in [-0.4, -0.2) is 53.4 Å². The van der Waals surface area contributed by atoms with Gasteiger partial charge in [0.15, 0.2) is 21.3 Å². The van der Waals surface area contributed by atoms with E-state index < -0.39 is 9.84 Å². The highest BCUT2D eigenvalue weighted by atomic mass is 35.5. The molecule has 9 heteroatoms. The number of methoxy groups -OCH3 is 2. The fourth-order valence-corrected chi connectivity index (χ4v) is 4.07. The lowest BCUT2D eigenvalue weighted by atomic mass is 9.95. The van der Waals surface area contributed by atoms with Crippen LogP contribution in [0.2, 0.25) is 0 Å². The van der Waals surface area contributed by atoms with E-state index in [-0.39, 0.29) is 41.4 Å². The van der Waals surface area contributed by atoms with Gasteiger partial charge in [-0.3, -0.25) is 4.79 Å². The van der Waals surface area contributed by atoms with E-state index in [0.29, 0.717) is 17.4 Å². The Morgan fingerprint density at radius 2 is 1.96 bits per heavy atom. The molecule has 2 atom stereocenters. The summed E-state index contributed by atoms with van der Waals surface area (Å²) in [6.07, 6.45) is 0.925. The number of hydrogen-bond donors (Lipinski definition) is 2. The van der Waals surface area contributed by atoms with E-state index in [1.807, 2.05) is 0 Å². The number of amides is 1. The van der Waals surface area contributed by atoms with Gasteiger partial charge >= 0.3 is 0 Å². The highest BCUT2D eigenvalue weighted by Gasteiger charge is 2.24. The molecule has 7 nitrogen and oxygen atoms in total. The second-order valence-corrected chi connectivity index (χ2v) is 8.34. The zero-order valence-corrected chi connectivity index (χ0v) is 16.9. The lowest BCUT2D eigenvalue weighted by Gasteiger charge is -2.30. The number of carbonyl (C=O) groups is 1. The minimum Gasteiger partial charge on any atom is -0.493 e. The predicted molar refractivity (Wildman–Crippen MR) is 102 cm³/mol. The van der Waals surface area contributed by atoms with Crippen molar-refractivity contribution in [3.63, 3.8) is 0 Å². The van der Waals surface area contributed by atoms with Gasteiger partial charge in [-0.1, -0.05) is 6.92 Å². The number of halogens is 1. The maximum absolute atomic E-state index is 12.5. The summed E-state index contributed by atoms with van der Waals surface area (Å²) in [5, 5.41) is 6.16. The van der Waals surface area contributed by atoms with Crippen LogP contribution in [0, 0.1) is 5.92 Å². The van der Waals surface area contributed by atoms with Crippen molar-refractivity contribution in [1.29, 1.82) is 0 Å². The second kappa shape index (κ2) is 9.99. The van der Waals surface area contributed by atoms with Crippen molar-refractivity contribution in [2.24, 2.45) is 5.92 Å². The van der Waals surface area contributed by atoms with Gasteiger partial charge in [-0.15, -0.1) is 12.4 Å². The molecule has 1 aromatic rings. The van der Waals surface area contributed by atoms with Crippen LogP contribution in [-0.2, 0) is 14.6 Å². The first kappa shape index (κ1) is 22.5. The zero-order chi connectivity index (χ0) is 18.4. The van der Waals surface area contributed by atoms with Gasteiger partial charge in [-0.25, -0.2) is 8.42 Å². The van der Waals surface area contributed by atoms with E-state index in [1.165, 1.54) is 26.4 Å². The molecule has 1 heterocycles. The van der Waals surface area contributed by atoms with Crippen LogP contribution in [0.25, 0.3) is 0 Å². The Kier molecular flexibility index (Phi) is 8.66. The molecule has 1 aromatic carbocycles. The van der Waals surface area contributed by atoms with Gasteiger partial charge in [-0.05, 0) is 31.0 Å². The Bertz CT molecular complexity index is 711. The molecule has 0 spiro atoms. The number of hydrogen-bond acceptors (Lipinski definition) is 6. The summed E-state index contributed by atoms with van der Waals surface area (Å²) < 4.78 is 35.2. The molecule has 1 fully saturated rings. The van der Waals surface area contributed by atoms with Crippen molar-refractivity contribution in [2.75, 3.05) is 33.1 Å². The molecule has 0 bridgehead atoms. The standard InChI is InChI=1S/C17H26N2O5S.ClH/c1-12-6-8-18-11-14(12)19-17(20)7-9-25(21,22)13-4-5-15(23-2)16(10-13)24-3;/h4-5,10,12,14,18H,6-9,11H2,1-3H3,(H,19,20);1H. The number of carbonyl (C=O) groups excluding carboxylic acids is 1. The third kappa shape index (κ3) is 5.75. The Labute approximate surface area is 161 Å². The largest absolute Gasteiger partial charge is 0.493 e. The fraction of sp³-hybridized carbons (Fsp3) is 0.588. The molecule has 1 aliphatic heterocycles. The number of ether oxygens (including phenoxy) is 2. The number of rotatable bonds is 7. The molecule has 1 aliphatic rings. The Morgan fingerprint density at radius 1 is 1.27 bits per heavy atom. The van der Waals surface area contributed by atoms with E-state index in [9.17, 15) is 13.2 Å². The van der Waals surface area contributed by atoms with Crippen molar-refractivity contribution >= 4 is 28.2 Å². The van der Waals surface area contributed by atoms with E-state index in [4.69, 9.17) is 9.47 Å². The van der Waals surface area contributed by atoms with Crippen molar-refractivity contribution in [2.45, 2.75) is 30.7 Å². The third-order valence-corrected chi connectivity index (χ3v) is 6.20. The first-order chi connectivity index (χ1) is 11.9. The summed E-state index contributed by atoms with van der Waals surface area (Å²) in [5.41, 5.74) is 0. The van der Waals surface area contributed by atoms with Gasteiger partial charge in [0.2, 0.25) is 5.91 Å². The molecule has 148 valence electrons. The van der Waals surface area contributed by atoms with Crippen LogP contribution < -0.4 is 20.1 Å². The third-order valence-electron chi connectivity index (χ3n) is 4.49. The van der Waals surface area contributed by atoms with Crippen LogP contribution in [0.1, 0.15) is 19.8 Å². The van der Waals surface area contributed by atoms with Gasteiger partial charge in [0.1, 0.15) is 0 Å². The normalized spacial score (nSPS) is 20.0. The average Bonchev–Trinajstić information content (AvgIpc) is 2.61. The minimum atomic E-state index is -3.58. The number of nitrogens with one attached hydrogen (secondary N) is 2. The van der Waals surface area contributed by atoms with E-state index in [2.05, 4.69) is 17.6 Å². The fourth-order valence-electron chi connectivity index (χ4n) is 2.82. The van der Waals surface area contributed by atoms with Gasteiger partial charge < -0.3 is 20.1 Å². The molecule has 26 heavy (non-hydrogen) atoms. The van der Waals surface area contributed by atoms with Gasteiger partial charge in [0.05, 0.1) is 24.9 Å². The molecule has 1 saturated heterocycles.